The highest BCUT2D eigenvalue weighted by Crippen LogP contribution is 2.57. The zero-order valence-corrected chi connectivity index (χ0v) is 19.6. The first kappa shape index (κ1) is 24.0. The zero-order valence-electron chi connectivity index (χ0n) is 19.6. The molecule has 2 aliphatic heterocycles. The van der Waals surface area contributed by atoms with Gasteiger partial charge in [-0.15, -0.1) is 0 Å². The first-order valence-electron chi connectivity index (χ1n) is 11.8. The number of carbonyl (C=O) groups excluding carboxylic acids is 1. The van der Waals surface area contributed by atoms with Gasteiger partial charge in [0.2, 0.25) is 0 Å². The summed E-state index contributed by atoms with van der Waals surface area (Å²) in [5.41, 5.74) is -3.17. The molecule has 3 fully saturated rings. The second-order valence-electron chi connectivity index (χ2n) is 11.2. The van der Waals surface area contributed by atoms with Crippen molar-refractivity contribution in [1.82, 2.24) is 0 Å². The molecular weight excluding hydrogens is 384 g/mol. The number of aliphatic hydroxyl groups is 3. The molecule has 0 radical (unpaired) electrons. The first-order valence-corrected chi connectivity index (χ1v) is 11.8. The lowest BCUT2D eigenvalue weighted by atomic mass is 9.57. The highest BCUT2D eigenvalue weighted by Gasteiger charge is 2.64. The monoisotopic (exact) mass is 426 g/mol. The molecule has 3 rings (SSSR count). The summed E-state index contributed by atoms with van der Waals surface area (Å²) >= 11 is 0. The molecule has 30 heavy (non-hydrogen) atoms. The van der Waals surface area contributed by atoms with Gasteiger partial charge in [-0.25, -0.2) is 0 Å². The summed E-state index contributed by atoms with van der Waals surface area (Å²) in [6, 6.07) is 0. The van der Waals surface area contributed by atoms with Gasteiger partial charge >= 0.3 is 5.97 Å². The zero-order chi connectivity index (χ0) is 22.5. The topological polar surface area (TPSA) is 96.2 Å². The third-order valence-corrected chi connectivity index (χ3v) is 8.19. The van der Waals surface area contributed by atoms with Crippen molar-refractivity contribution in [1.29, 1.82) is 0 Å². The van der Waals surface area contributed by atoms with Gasteiger partial charge in [-0.2, -0.15) is 0 Å². The molecular formula is C24H42O6. The first-order chi connectivity index (χ1) is 13.8. The van der Waals surface area contributed by atoms with E-state index in [9.17, 15) is 20.1 Å². The molecule has 174 valence electrons. The number of fused-ring (bicyclic) bond motifs is 5. The standard InChI is InChI=1S/C24H42O6/c1-7-8-18(26)30-24(6)12-10-17(25)23(5,28)13-16-20-19(21(24)29-16)15(14(2)3)9-11-22(20,4)27/h14-17,19-21,25,27-28H,7-13H2,1-6H3/t15-,16-,17+,19-,20-,21-,22-,23+,24-/m1/s1. The van der Waals surface area contributed by atoms with Crippen LogP contribution in [0.2, 0.25) is 0 Å². The Morgan fingerprint density at radius 2 is 1.80 bits per heavy atom. The summed E-state index contributed by atoms with van der Waals surface area (Å²) in [6.07, 6.45) is 1.90. The van der Waals surface area contributed by atoms with Crippen molar-refractivity contribution < 1.29 is 29.6 Å². The predicted octanol–water partition coefficient (Wildman–Crippen LogP) is 3.20. The average molecular weight is 427 g/mol. The second-order valence-corrected chi connectivity index (χ2v) is 11.2. The molecule has 9 atom stereocenters. The molecule has 0 amide bonds. The maximum Gasteiger partial charge on any atom is 0.306 e. The van der Waals surface area contributed by atoms with E-state index in [0.29, 0.717) is 43.9 Å². The van der Waals surface area contributed by atoms with Gasteiger partial charge in [-0.3, -0.25) is 4.79 Å². The number of aliphatic hydroxyl groups excluding tert-OH is 1. The Bertz CT molecular complexity index is 629. The number of esters is 1. The van der Waals surface area contributed by atoms with Gasteiger partial charge < -0.3 is 24.8 Å². The van der Waals surface area contributed by atoms with Crippen molar-refractivity contribution >= 4 is 5.97 Å². The van der Waals surface area contributed by atoms with E-state index in [-0.39, 0.29) is 30.3 Å². The van der Waals surface area contributed by atoms with Crippen molar-refractivity contribution in [3.05, 3.63) is 0 Å². The van der Waals surface area contributed by atoms with Crippen LogP contribution >= 0.6 is 0 Å². The minimum atomic E-state index is -1.33. The van der Waals surface area contributed by atoms with Gasteiger partial charge in [0.15, 0.2) is 0 Å². The largest absolute Gasteiger partial charge is 0.457 e. The number of carbonyl (C=O) groups is 1. The third kappa shape index (κ3) is 4.30. The fraction of sp³-hybridized carbons (Fsp3) is 0.958. The van der Waals surface area contributed by atoms with Gasteiger partial charge in [0.1, 0.15) is 11.7 Å². The molecule has 0 spiro atoms. The minimum absolute atomic E-state index is 0.0317. The summed E-state index contributed by atoms with van der Waals surface area (Å²) < 4.78 is 12.7. The summed E-state index contributed by atoms with van der Waals surface area (Å²) in [4.78, 5) is 12.5. The van der Waals surface area contributed by atoms with Gasteiger partial charge in [0.25, 0.3) is 0 Å². The van der Waals surface area contributed by atoms with Crippen LogP contribution < -0.4 is 0 Å². The maximum atomic E-state index is 12.5. The Labute approximate surface area is 181 Å². The Morgan fingerprint density at radius 3 is 2.40 bits per heavy atom. The molecule has 0 aromatic carbocycles. The molecule has 3 N–H and O–H groups in total. The molecule has 3 aliphatic rings. The van der Waals surface area contributed by atoms with Crippen molar-refractivity contribution in [2.24, 2.45) is 23.7 Å². The fourth-order valence-corrected chi connectivity index (χ4v) is 6.47. The van der Waals surface area contributed by atoms with Crippen molar-refractivity contribution in [2.75, 3.05) is 0 Å². The van der Waals surface area contributed by atoms with Gasteiger partial charge in [-0.05, 0) is 64.7 Å². The summed E-state index contributed by atoms with van der Waals surface area (Å²) in [5, 5.41) is 33.2. The minimum Gasteiger partial charge on any atom is -0.457 e. The molecule has 2 bridgehead atoms. The van der Waals surface area contributed by atoms with E-state index in [4.69, 9.17) is 9.47 Å². The van der Waals surface area contributed by atoms with Crippen LogP contribution in [0.1, 0.15) is 86.5 Å². The van der Waals surface area contributed by atoms with E-state index in [1.165, 1.54) is 0 Å². The number of rotatable bonds is 4. The van der Waals surface area contributed by atoms with Crippen molar-refractivity contribution in [3.8, 4) is 0 Å². The molecule has 0 aromatic heterocycles. The summed E-state index contributed by atoms with van der Waals surface area (Å²) in [6.45, 7) is 11.8. The second kappa shape index (κ2) is 8.34. The van der Waals surface area contributed by atoms with Gasteiger partial charge in [0.05, 0.1) is 23.4 Å². The number of hydrogen-bond donors (Lipinski definition) is 3. The van der Waals surface area contributed by atoms with E-state index >= 15 is 0 Å². The quantitative estimate of drug-likeness (QED) is 0.598. The third-order valence-electron chi connectivity index (χ3n) is 8.19. The Balaban J connectivity index is 2.08. The molecule has 6 heteroatoms. The highest BCUT2D eigenvalue weighted by atomic mass is 16.6. The Kier molecular flexibility index (Phi) is 6.66. The van der Waals surface area contributed by atoms with E-state index in [1.54, 1.807) is 6.92 Å². The van der Waals surface area contributed by atoms with Crippen molar-refractivity contribution in [2.45, 2.75) is 122 Å². The number of hydrogen-bond acceptors (Lipinski definition) is 6. The van der Waals surface area contributed by atoms with Gasteiger partial charge in [-0.1, -0.05) is 20.8 Å². The van der Waals surface area contributed by atoms with Crippen LogP contribution in [-0.2, 0) is 14.3 Å². The van der Waals surface area contributed by atoms with Crippen LogP contribution in [0.3, 0.4) is 0 Å². The lowest BCUT2D eigenvalue weighted by Crippen LogP contribution is -2.56. The molecule has 6 nitrogen and oxygen atoms in total. The van der Waals surface area contributed by atoms with E-state index in [1.807, 2.05) is 20.8 Å². The Morgan fingerprint density at radius 1 is 1.13 bits per heavy atom. The van der Waals surface area contributed by atoms with Crippen LogP contribution in [0.25, 0.3) is 0 Å². The van der Waals surface area contributed by atoms with E-state index < -0.39 is 29.0 Å². The molecule has 1 aliphatic carbocycles. The highest BCUT2D eigenvalue weighted by molar-refractivity contribution is 5.69. The SMILES string of the molecule is CCCC(=O)O[C@]1(C)CC[C@H](O)[C@@](C)(O)C[C@H]2O[C@@H]1[C@H]1[C@@H]2[C@](C)(O)CC[C@@H]1C(C)C. The fourth-order valence-electron chi connectivity index (χ4n) is 6.47. The average Bonchev–Trinajstić information content (AvgIpc) is 3.00. The molecule has 0 aromatic rings. The lowest BCUT2D eigenvalue weighted by Gasteiger charge is -2.50. The molecule has 2 saturated heterocycles. The van der Waals surface area contributed by atoms with Crippen LogP contribution in [-0.4, -0.2) is 56.4 Å². The van der Waals surface area contributed by atoms with E-state index in [2.05, 4.69) is 13.8 Å². The summed E-state index contributed by atoms with van der Waals surface area (Å²) in [5.74, 6) is 0.341. The van der Waals surface area contributed by atoms with Crippen LogP contribution in [0.15, 0.2) is 0 Å². The Hall–Kier alpha value is -0.690. The maximum absolute atomic E-state index is 12.5. The van der Waals surface area contributed by atoms with Crippen molar-refractivity contribution in [3.63, 3.8) is 0 Å². The number of ether oxygens (including phenoxy) is 2. The summed E-state index contributed by atoms with van der Waals surface area (Å²) in [7, 11) is 0. The van der Waals surface area contributed by atoms with Crippen LogP contribution in [0, 0.1) is 23.7 Å². The molecule has 0 unspecified atom stereocenters. The van der Waals surface area contributed by atoms with Crippen LogP contribution in [0.5, 0.6) is 0 Å². The van der Waals surface area contributed by atoms with Crippen LogP contribution in [0.4, 0.5) is 0 Å². The predicted molar refractivity (Wildman–Crippen MR) is 114 cm³/mol. The normalized spacial score (nSPS) is 49.1. The molecule has 2 heterocycles. The van der Waals surface area contributed by atoms with E-state index in [0.717, 1.165) is 6.42 Å². The van der Waals surface area contributed by atoms with Gasteiger partial charge in [0, 0.05) is 24.7 Å². The lowest BCUT2D eigenvalue weighted by molar-refractivity contribution is -0.182. The smallest absolute Gasteiger partial charge is 0.306 e. The molecule has 1 saturated carbocycles.